The lowest BCUT2D eigenvalue weighted by atomic mass is 9.64. The average molecular weight is 821 g/mol. The smallest absolute Gasteiger partial charge is 0.164 e. The Morgan fingerprint density at radius 2 is 1.17 bits per heavy atom. The topological polar surface area (TPSA) is 41.9 Å². The molecule has 1 spiro atoms. The Hall–Kier alpha value is -7.69. The predicted molar refractivity (Wildman–Crippen MR) is 264 cm³/mol. The first-order valence-electron chi connectivity index (χ1n) is 22.6. The van der Waals surface area contributed by atoms with E-state index in [2.05, 4.69) is 201 Å². The van der Waals surface area contributed by atoms with Crippen molar-refractivity contribution in [1.29, 1.82) is 0 Å². The minimum Gasteiger partial charge on any atom is -0.341 e. The molecule has 4 heteroatoms. The van der Waals surface area contributed by atoms with E-state index >= 15 is 0 Å². The summed E-state index contributed by atoms with van der Waals surface area (Å²) in [5, 5.41) is 2.60. The van der Waals surface area contributed by atoms with E-state index in [1.807, 2.05) is 6.92 Å². The summed E-state index contributed by atoms with van der Waals surface area (Å²) in [7, 11) is 0. The Bertz CT molecular complexity index is 3440. The number of nitrogens with zero attached hydrogens (tertiary/aromatic N) is 4. The summed E-state index contributed by atoms with van der Waals surface area (Å²) in [5.74, 6) is 2.55. The van der Waals surface area contributed by atoms with Crippen molar-refractivity contribution in [2.75, 3.05) is 11.4 Å². The van der Waals surface area contributed by atoms with Gasteiger partial charge in [-0.25, -0.2) is 15.0 Å². The van der Waals surface area contributed by atoms with Crippen LogP contribution in [-0.2, 0) is 5.41 Å². The Morgan fingerprint density at radius 3 is 1.95 bits per heavy atom. The summed E-state index contributed by atoms with van der Waals surface area (Å²) in [6.07, 6.45) is 7.94. The second-order valence-corrected chi connectivity index (χ2v) is 17.8. The molecule has 304 valence electrons. The number of fused-ring (bicyclic) bond motifs is 12. The summed E-state index contributed by atoms with van der Waals surface area (Å²) < 4.78 is 0. The van der Waals surface area contributed by atoms with E-state index in [0.29, 0.717) is 23.4 Å². The first-order chi connectivity index (χ1) is 31.5. The van der Waals surface area contributed by atoms with Crippen LogP contribution in [0.5, 0.6) is 0 Å². The molecule has 0 radical (unpaired) electrons. The van der Waals surface area contributed by atoms with Crippen molar-refractivity contribution in [2.45, 2.75) is 32.6 Å². The highest BCUT2D eigenvalue weighted by atomic mass is 15.1. The summed E-state index contributed by atoms with van der Waals surface area (Å²) >= 11 is 0. The van der Waals surface area contributed by atoms with Crippen LogP contribution in [0.1, 0.15) is 53.9 Å². The lowest BCUT2D eigenvalue weighted by molar-refractivity contribution is 0.739. The van der Waals surface area contributed by atoms with Gasteiger partial charge in [0, 0.05) is 29.0 Å². The number of rotatable bonds is 5. The molecule has 2 heterocycles. The Labute approximate surface area is 374 Å². The third-order valence-corrected chi connectivity index (χ3v) is 14.2. The number of benzene rings is 8. The minimum atomic E-state index is -0.584. The summed E-state index contributed by atoms with van der Waals surface area (Å²) in [5.41, 5.74) is 21.4. The van der Waals surface area contributed by atoms with Gasteiger partial charge in [-0.05, 0) is 139 Å². The zero-order chi connectivity index (χ0) is 42.7. The van der Waals surface area contributed by atoms with Gasteiger partial charge in [-0.1, -0.05) is 165 Å². The van der Waals surface area contributed by atoms with Gasteiger partial charge in [-0.3, -0.25) is 0 Å². The normalized spacial score (nSPS) is 15.7. The molecule has 0 fully saturated rings. The molecule has 0 saturated carbocycles. The first-order valence-corrected chi connectivity index (χ1v) is 22.6. The van der Waals surface area contributed by atoms with Crippen LogP contribution in [0.4, 0.5) is 11.4 Å². The minimum absolute atomic E-state index is 0.503. The Balaban J connectivity index is 1.07. The van der Waals surface area contributed by atoms with Gasteiger partial charge < -0.3 is 4.90 Å². The second kappa shape index (κ2) is 13.9. The van der Waals surface area contributed by atoms with Crippen molar-refractivity contribution in [1.82, 2.24) is 15.0 Å². The zero-order valence-electron chi connectivity index (χ0n) is 36.1. The zero-order valence-corrected chi connectivity index (χ0v) is 36.1. The van der Waals surface area contributed by atoms with E-state index in [0.717, 1.165) is 24.1 Å². The van der Waals surface area contributed by atoms with Gasteiger partial charge in [-0.2, -0.15) is 0 Å². The van der Waals surface area contributed by atoms with Crippen molar-refractivity contribution in [2.24, 2.45) is 5.92 Å². The maximum Gasteiger partial charge on any atom is 0.164 e. The van der Waals surface area contributed by atoms with E-state index < -0.39 is 5.41 Å². The van der Waals surface area contributed by atoms with Crippen LogP contribution in [-0.4, -0.2) is 21.5 Å². The second-order valence-electron chi connectivity index (χ2n) is 17.8. The number of aryl methyl sites for hydroxylation is 1. The van der Waals surface area contributed by atoms with Crippen LogP contribution in [0.15, 0.2) is 182 Å². The third kappa shape index (κ3) is 5.14. The van der Waals surface area contributed by atoms with Gasteiger partial charge in [0.15, 0.2) is 11.6 Å². The summed E-state index contributed by atoms with van der Waals surface area (Å²) in [6.45, 7) is 7.37. The molecule has 64 heavy (non-hydrogen) atoms. The standard InChI is InChI=1S/C60H44N4/c1-4-64-54-27-9-7-24-51(54)60(52-25-8-10-28-55(52)64)50-32-29-40(42-30-31-47-44-20-6-5-19-43(44)46-22-13-21-45(42)56(46)47)35-49(50)57-48(23-14-26-53(57)60)59-62-37(3)61-58(63-59)41-18-12-17-39(34-41)38-16-11-15-36(2)33-38/h5-14,16-36H,4,15H2,1-3H3. The van der Waals surface area contributed by atoms with Crippen molar-refractivity contribution >= 4 is 27.7 Å². The molecule has 13 rings (SSSR count). The van der Waals surface area contributed by atoms with Crippen LogP contribution in [0.25, 0.3) is 83.6 Å². The largest absolute Gasteiger partial charge is 0.341 e. The number of hydrogen-bond acceptors (Lipinski definition) is 4. The number of allylic oxidation sites excluding steroid dienone is 4. The van der Waals surface area contributed by atoms with E-state index in [4.69, 9.17) is 15.0 Å². The van der Waals surface area contributed by atoms with E-state index in [9.17, 15) is 0 Å². The van der Waals surface area contributed by atoms with Crippen LogP contribution in [0.2, 0.25) is 0 Å². The Morgan fingerprint density at radius 1 is 0.531 bits per heavy atom. The van der Waals surface area contributed by atoms with Crippen LogP contribution in [0.3, 0.4) is 0 Å². The van der Waals surface area contributed by atoms with Crippen molar-refractivity contribution in [3.8, 4) is 67.3 Å². The van der Waals surface area contributed by atoms with Crippen molar-refractivity contribution in [3.05, 3.63) is 216 Å². The maximum absolute atomic E-state index is 5.37. The fourth-order valence-corrected chi connectivity index (χ4v) is 11.6. The van der Waals surface area contributed by atoms with Gasteiger partial charge in [-0.15, -0.1) is 0 Å². The lowest BCUT2D eigenvalue weighted by Gasteiger charge is -2.44. The fraction of sp³-hybridized carbons (Fsp3) is 0.117. The van der Waals surface area contributed by atoms with E-state index in [1.54, 1.807) is 0 Å². The van der Waals surface area contributed by atoms with Gasteiger partial charge >= 0.3 is 0 Å². The van der Waals surface area contributed by atoms with Crippen molar-refractivity contribution in [3.63, 3.8) is 0 Å². The summed E-state index contributed by atoms with van der Waals surface area (Å²) in [6, 6.07) is 61.1. The molecule has 3 aliphatic carbocycles. The highest BCUT2D eigenvalue weighted by molar-refractivity contribution is 6.19. The number of hydrogen-bond donors (Lipinski definition) is 0. The molecule has 8 aromatic carbocycles. The monoisotopic (exact) mass is 820 g/mol. The predicted octanol–water partition coefficient (Wildman–Crippen LogP) is 14.8. The third-order valence-electron chi connectivity index (χ3n) is 14.2. The number of para-hydroxylation sites is 2. The van der Waals surface area contributed by atoms with E-state index in [-0.39, 0.29) is 0 Å². The highest BCUT2D eigenvalue weighted by Gasteiger charge is 2.52. The lowest BCUT2D eigenvalue weighted by Crippen LogP contribution is -2.37. The fourth-order valence-electron chi connectivity index (χ4n) is 11.6. The highest BCUT2D eigenvalue weighted by Crippen LogP contribution is 2.64. The molecular formula is C60H44N4. The molecule has 0 saturated heterocycles. The molecule has 0 amide bonds. The quantitative estimate of drug-likeness (QED) is 0.173. The molecule has 1 aliphatic heterocycles. The van der Waals surface area contributed by atoms with Gasteiger partial charge in [0.25, 0.3) is 0 Å². The van der Waals surface area contributed by atoms with E-state index in [1.165, 1.54) is 100 Å². The molecule has 1 atom stereocenters. The molecule has 4 nitrogen and oxygen atoms in total. The molecular weight excluding hydrogens is 777 g/mol. The summed E-state index contributed by atoms with van der Waals surface area (Å²) in [4.78, 5) is 18.0. The van der Waals surface area contributed by atoms with Gasteiger partial charge in [0.2, 0.25) is 0 Å². The van der Waals surface area contributed by atoms with Crippen LogP contribution >= 0.6 is 0 Å². The average Bonchev–Trinajstić information content (AvgIpc) is 3.83. The van der Waals surface area contributed by atoms with Crippen molar-refractivity contribution < 1.29 is 0 Å². The molecule has 1 unspecified atom stereocenters. The molecule has 1 aromatic heterocycles. The molecule has 9 aromatic rings. The maximum atomic E-state index is 5.37. The number of anilines is 2. The number of aromatic nitrogens is 3. The first kappa shape index (κ1) is 36.9. The Kier molecular flexibility index (Phi) is 8.02. The van der Waals surface area contributed by atoms with Crippen LogP contribution < -0.4 is 4.90 Å². The van der Waals surface area contributed by atoms with Gasteiger partial charge in [0.1, 0.15) is 5.82 Å². The SMILES string of the molecule is CCN1c2ccccc2C2(c3ccc(-c4ccc5c6c(cccc46)-c4ccccc4-5)cc3-c3c(-c4nc(C)nc(-c5cccc(C6=CC(C)CC=C6)c5)n4)cccc32)c2ccccc21. The molecule has 4 aliphatic rings. The molecule has 0 N–H and O–H groups in total. The molecule has 0 bridgehead atoms. The van der Waals surface area contributed by atoms with Gasteiger partial charge in [0.05, 0.1) is 5.41 Å². The van der Waals surface area contributed by atoms with Crippen LogP contribution in [0, 0.1) is 12.8 Å².